The summed E-state index contributed by atoms with van der Waals surface area (Å²) >= 11 is 0. The molecule has 0 spiro atoms. The molecule has 0 bridgehead atoms. The van der Waals surface area contributed by atoms with Crippen LogP contribution in [0.2, 0.25) is 0 Å². The third-order valence-electron chi connectivity index (χ3n) is 3.44. The first-order valence-corrected chi connectivity index (χ1v) is 6.35. The molecule has 2 rings (SSSR count). The molecule has 16 heavy (non-hydrogen) atoms. The maximum Gasteiger partial charge on any atom is 0.119 e. The van der Waals surface area contributed by atoms with Crippen LogP contribution in [0.3, 0.4) is 0 Å². The summed E-state index contributed by atoms with van der Waals surface area (Å²) in [7, 11) is 0. The smallest absolute Gasteiger partial charge is 0.119 e. The van der Waals surface area contributed by atoms with Crippen LogP contribution in [0.1, 0.15) is 42.4 Å². The fraction of sp³-hybridized carbons (Fsp3) is 0.571. The van der Waals surface area contributed by atoms with Gasteiger partial charge in [-0.15, -0.1) is 0 Å². The largest absolute Gasteiger partial charge is 0.508 e. The van der Waals surface area contributed by atoms with Crippen molar-refractivity contribution in [2.45, 2.75) is 44.9 Å². The minimum atomic E-state index is 0.467. The van der Waals surface area contributed by atoms with Gasteiger partial charge in [-0.25, -0.2) is 0 Å². The van der Waals surface area contributed by atoms with Gasteiger partial charge in [0.15, 0.2) is 0 Å². The zero-order valence-electron chi connectivity index (χ0n) is 9.84. The summed E-state index contributed by atoms with van der Waals surface area (Å²) in [6.45, 7) is 0.691. The molecule has 2 heteroatoms. The SMILES string of the molecule is NCCCc1cc2c(cc1O)CCCCC2. The summed E-state index contributed by atoms with van der Waals surface area (Å²) in [4.78, 5) is 0. The van der Waals surface area contributed by atoms with Gasteiger partial charge in [-0.1, -0.05) is 12.5 Å². The number of hydrogen-bond donors (Lipinski definition) is 2. The molecular formula is C14H21NO. The van der Waals surface area contributed by atoms with E-state index in [0.29, 0.717) is 12.3 Å². The molecule has 0 atom stereocenters. The molecule has 0 unspecified atom stereocenters. The molecule has 1 aromatic carbocycles. The number of aromatic hydroxyl groups is 1. The van der Waals surface area contributed by atoms with E-state index in [-0.39, 0.29) is 0 Å². The number of benzene rings is 1. The van der Waals surface area contributed by atoms with Gasteiger partial charge in [0.05, 0.1) is 0 Å². The molecule has 0 amide bonds. The summed E-state index contributed by atoms with van der Waals surface area (Å²) in [6.07, 6.45) is 8.00. The molecule has 0 fully saturated rings. The Morgan fingerprint density at radius 3 is 2.44 bits per heavy atom. The Morgan fingerprint density at radius 1 is 1.06 bits per heavy atom. The van der Waals surface area contributed by atoms with E-state index in [9.17, 15) is 5.11 Å². The lowest BCUT2D eigenvalue weighted by Crippen LogP contribution is -2.02. The van der Waals surface area contributed by atoms with Crippen molar-refractivity contribution in [2.75, 3.05) is 6.54 Å². The first-order chi connectivity index (χ1) is 7.81. The number of hydrogen-bond acceptors (Lipinski definition) is 2. The van der Waals surface area contributed by atoms with Gasteiger partial charge in [-0.3, -0.25) is 0 Å². The fourth-order valence-electron chi connectivity index (χ4n) is 2.49. The average molecular weight is 219 g/mol. The van der Waals surface area contributed by atoms with E-state index in [0.717, 1.165) is 24.8 Å². The van der Waals surface area contributed by atoms with Gasteiger partial charge in [0.1, 0.15) is 5.75 Å². The molecule has 2 nitrogen and oxygen atoms in total. The van der Waals surface area contributed by atoms with Gasteiger partial charge in [-0.2, -0.15) is 0 Å². The maximum absolute atomic E-state index is 9.94. The minimum absolute atomic E-state index is 0.467. The van der Waals surface area contributed by atoms with E-state index >= 15 is 0 Å². The molecule has 88 valence electrons. The van der Waals surface area contributed by atoms with E-state index in [1.807, 2.05) is 6.07 Å². The second kappa shape index (κ2) is 5.35. The van der Waals surface area contributed by atoms with E-state index < -0.39 is 0 Å². The molecule has 1 aliphatic rings. The maximum atomic E-state index is 9.94. The second-order valence-corrected chi connectivity index (χ2v) is 4.70. The van der Waals surface area contributed by atoms with Gasteiger partial charge in [0.2, 0.25) is 0 Å². The summed E-state index contributed by atoms with van der Waals surface area (Å²) < 4.78 is 0. The molecule has 0 radical (unpaired) electrons. The van der Waals surface area contributed by atoms with Crippen LogP contribution >= 0.6 is 0 Å². The quantitative estimate of drug-likeness (QED) is 0.767. The zero-order valence-corrected chi connectivity index (χ0v) is 9.84. The summed E-state index contributed by atoms with van der Waals surface area (Å²) in [5, 5.41) is 9.94. The van der Waals surface area contributed by atoms with Gasteiger partial charge < -0.3 is 10.8 Å². The summed E-state index contributed by atoms with van der Waals surface area (Å²) in [5.74, 6) is 0.467. The van der Waals surface area contributed by atoms with Gasteiger partial charge in [0, 0.05) is 0 Å². The molecule has 0 aliphatic heterocycles. The van der Waals surface area contributed by atoms with Crippen molar-refractivity contribution in [1.82, 2.24) is 0 Å². The number of rotatable bonds is 3. The number of nitrogens with two attached hydrogens (primary N) is 1. The lowest BCUT2D eigenvalue weighted by molar-refractivity contribution is 0.466. The topological polar surface area (TPSA) is 46.2 Å². The van der Waals surface area contributed by atoms with Crippen LogP contribution in [-0.2, 0) is 19.3 Å². The van der Waals surface area contributed by atoms with Crippen molar-refractivity contribution in [3.05, 3.63) is 28.8 Å². The highest BCUT2D eigenvalue weighted by Crippen LogP contribution is 2.28. The van der Waals surface area contributed by atoms with Gasteiger partial charge >= 0.3 is 0 Å². The van der Waals surface area contributed by atoms with Crippen molar-refractivity contribution in [1.29, 1.82) is 0 Å². The number of phenols is 1. The Hall–Kier alpha value is -1.02. The highest BCUT2D eigenvalue weighted by Gasteiger charge is 2.11. The molecule has 0 aromatic heterocycles. The normalized spacial score (nSPS) is 15.6. The predicted molar refractivity (Wildman–Crippen MR) is 66.7 cm³/mol. The highest BCUT2D eigenvalue weighted by atomic mass is 16.3. The third-order valence-corrected chi connectivity index (χ3v) is 3.44. The van der Waals surface area contributed by atoms with Crippen LogP contribution in [-0.4, -0.2) is 11.7 Å². The van der Waals surface area contributed by atoms with Crippen LogP contribution < -0.4 is 5.73 Å². The van der Waals surface area contributed by atoms with E-state index in [1.54, 1.807) is 0 Å². The standard InChI is InChI=1S/C14H21NO/c15-8-4-7-13-9-11-5-2-1-3-6-12(11)10-14(13)16/h9-10,16H,1-8,15H2. The van der Waals surface area contributed by atoms with Crippen LogP contribution in [0.15, 0.2) is 12.1 Å². The molecule has 1 aromatic rings. The predicted octanol–water partition coefficient (Wildman–Crippen LogP) is 2.55. The third kappa shape index (κ3) is 2.56. The first-order valence-electron chi connectivity index (χ1n) is 6.35. The lowest BCUT2D eigenvalue weighted by atomic mass is 9.97. The van der Waals surface area contributed by atoms with Crippen LogP contribution in [0.5, 0.6) is 5.75 Å². The van der Waals surface area contributed by atoms with E-state index in [1.165, 1.54) is 36.8 Å². The van der Waals surface area contributed by atoms with Gasteiger partial charge in [0.25, 0.3) is 0 Å². The molecule has 3 N–H and O–H groups in total. The second-order valence-electron chi connectivity index (χ2n) is 4.70. The summed E-state index contributed by atoms with van der Waals surface area (Å²) in [6, 6.07) is 4.18. The van der Waals surface area contributed by atoms with Crippen LogP contribution in [0.25, 0.3) is 0 Å². The van der Waals surface area contributed by atoms with Crippen molar-refractivity contribution >= 4 is 0 Å². The molecular weight excluding hydrogens is 198 g/mol. The number of phenolic OH excluding ortho intramolecular Hbond substituents is 1. The van der Waals surface area contributed by atoms with Crippen LogP contribution in [0, 0.1) is 0 Å². The van der Waals surface area contributed by atoms with Crippen molar-refractivity contribution < 1.29 is 5.11 Å². The van der Waals surface area contributed by atoms with E-state index in [4.69, 9.17) is 5.73 Å². The van der Waals surface area contributed by atoms with Crippen molar-refractivity contribution in [3.63, 3.8) is 0 Å². The van der Waals surface area contributed by atoms with Crippen molar-refractivity contribution in [2.24, 2.45) is 5.73 Å². The highest BCUT2D eigenvalue weighted by molar-refractivity contribution is 5.42. The molecule has 0 saturated carbocycles. The lowest BCUT2D eigenvalue weighted by Gasteiger charge is -2.11. The number of aryl methyl sites for hydroxylation is 3. The van der Waals surface area contributed by atoms with Crippen molar-refractivity contribution in [3.8, 4) is 5.75 Å². The van der Waals surface area contributed by atoms with Gasteiger partial charge in [-0.05, 0) is 67.8 Å². The summed E-state index contributed by atoms with van der Waals surface area (Å²) in [5.41, 5.74) is 9.38. The Labute approximate surface area is 97.5 Å². The molecule has 0 heterocycles. The number of fused-ring (bicyclic) bond motifs is 1. The average Bonchev–Trinajstić information content (AvgIpc) is 2.50. The molecule has 0 saturated heterocycles. The Bertz CT molecular complexity index is 360. The van der Waals surface area contributed by atoms with E-state index in [2.05, 4.69) is 6.07 Å². The Balaban J connectivity index is 2.24. The Morgan fingerprint density at radius 2 is 1.75 bits per heavy atom. The first kappa shape index (κ1) is 11.5. The monoisotopic (exact) mass is 219 g/mol. The fourth-order valence-corrected chi connectivity index (χ4v) is 2.49. The minimum Gasteiger partial charge on any atom is -0.508 e. The zero-order chi connectivity index (χ0) is 11.4. The molecule has 1 aliphatic carbocycles. The van der Waals surface area contributed by atoms with Crippen LogP contribution in [0.4, 0.5) is 0 Å². The Kier molecular flexibility index (Phi) is 3.83.